The molecule has 0 atom stereocenters. The molecule has 0 unspecified atom stereocenters. The fourth-order valence-electron chi connectivity index (χ4n) is 1.48. The summed E-state index contributed by atoms with van der Waals surface area (Å²) in [6.45, 7) is 0.0772. The molecule has 1 aromatic carbocycles. The van der Waals surface area contributed by atoms with E-state index in [1.165, 1.54) is 23.5 Å². The molecule has 2 aromatic rings. The molecule has 78 valence electrons. The van der Waals surface area contributed by atoms with Crippen molar-refractivity contribution in [2.24, 2.45) is 0 Å². The Morgan fingerprint density at radius 1 is 1.20 bits per heavy atom. The molecule has 0 amide bonds. The van der Waals surface area contributed by atoms with Crippen LogP contribution in [0, 0.1) is 5.82 Å². The summed E-state index contributed by atoms with van der Waals surface area (Å²) in [6.07, 6.45) is 0.717. The van der Waals surface area contributed by atoms with E-state index in [0.29, 0.717) is 6.42 Å². The zero-order valence-corrected chi connectivity index (χ0v) is 8.93. The predicted octanol–water partition coefficient (Wildman–Crippen LogP) is 2.97. The van der Waals surface area contributed by atoms with E-state index >= 15 is 0 Å². The highest BCUT2D eigenvalue weighted by Gasteiger charge is 2.01. The van der Waals surface area contributed by atoms with Crippen LogP contribution in [0.1, 0.15) is 16.0 Å². The predicted molar refractivity (Wildman–Crippen MR) is 59.4 cm³/mol. The Morgan fingerprint density at radius 3 is 2.73 bits per heavy atom. The molecule has 0 aliphatic rings. The lowest BCUT2D eigenvalue weighted by molar-refractivity contribution is 0.285. The summed E-state index contributed by atoms with van der Waals surface area (Å²) in [7, 11) is 0. The van der Waals surface area contributed by atoms with Crippen molar-refractivity contribution < 1.29 is 9.50 Å². The Morgan fingerprint density at radius 2 is 2.07 bits per heavy atom. The number of thiophene rings is 1. The summed E-state index contributed by atoms with van der Waals surface area (Å²) >= 11 is 1.53. The summed E-state index contributed by atoms with van der Waals surface area (Å²) in [4.78, 5) is 0.946. The van der Waals surface area contributed by atoms with Crippen LogP contribution in [-0.4, -0.2) is 5.11 Å². The van der Waals surface area contributed by atoms with Crippen molar-refractivity contribution in [2.45, 2.75) is 13.0 Å². The Hall–Kier alpha value is -1.19. The number of rotatable bonds is 3. The number of hydrogen-bond donors (Lipinski definition) is 1. The zero-order valence-electron chi connectivity index (χ0n) is 8.11. The van der Waals surface area contributed by atoms with Crippen molar-refractivity contribution in [1.29, 1.82) is 0 Å². The number of aliphatic hydroxyl groups excluding tert-OH is 1. The topological polar surface area (TPSA) is 20.2 Å². The number of hydrogen-bond acceptors (Lipinski definition) is 2. The lowest BCUT2D eigenvalue weighted by Gasteiger charge is -1.98. The lowest BCUT2D eigenvalue weighted by atomic mass is 10.1. The van der Waals surface area contributed by atoms with E-state index in [0.717, 1.165) is 16.0 Å². The summed E-state index contributed by atoms with van der Waals surface area (Å²) < 4.78 is 12.9. The van der Waals surface area contributed by atoms with E-state index in [-0.39, 0.29) is 12.4 Å². The van der Waals surface area contributed by atoms with Crippen LogP contribution in [0.2, 0.25) is 0 Å². The molecule has 0 spiro atoms. The zero-order chi connectivity index (χ0) is 10.7. The largest absolute Gasteiger partial charge is 0.391 e. The summed E-state index contributed by atoms with van der Waals surface area (Å²) in [6, 6.07) is 8.55. The molecule has 3 heteroatoms. The first-order chi connectivity index (χ1) is 7.28. The van der Waals surface area contributed by atoms with Crippen molar-refractivity contribution in [2.75, 3.05) is 0 Å². The SMILES string of the molecule is OCc1cc(Cc2cccc(F)c2)cs1. The highest BCUT2D eigenvalue weighted by molar-refractivity contribution is 7.10. The Labute approximate surface area is 91.8 Å². The molecule has 2 rings (SSSR count). The average Bonchev–Trinajstić information content (AvgIpc) is 2.65. The van der Waals surface area contributed by atoms with Crippen LogP contribution in [0.25, 0.3) is 0 Å². The second kappa shape index (κ2) is 4.55. The van der Waals surface area contributed by atoms with Crippen molar-refractivity contribution >= 4 is 11.3 Å². The van der Waals surface area contributed by atoms with Gasteiger partial charge in [0.1, 0.15) is 5.82 Å². The van der Waals surface area contributed by atoms with Gasteiger partial charge in [0.05, 0.1) is 6.61 Å². The van der Waals surface area contributed by atoms with Gasteiger partial charge in [-0.1, -0.05) is 12.1 Å². The first-order valence-electron chi connectivity index (χ1n) is 4.69. The molecule has 1 aromatic heterocycles. The second-order valence-corrected chi connectivity index (χ2v) is 4.38. The van der Waals surface area contributed by atoms with Crippen molar-refractivity contribution in [3.63, 3.8) is 0 Å². The molecule has 0 aliphatic carbocycles. The fourth-order valence-corrected chi connectivity index (χ4v) is 2.23. The summed E-state index contributed by atoms with van der Waals surface area (Å²) in [5.74, 6) is -0.204. The van der Waals surface area contributed by atoms with E-state index in [9.17, 15) is 4.39 Å². The molecule has 0 saturated carbocycles. The van der Waals surface area contributed by atoms with Gasteiger partial charge in [0.25, 0.3) is 0 Å². The number of benzene rings is 1. The summed E-state index contributed by atoms with van der Waals surface area (Å²) in [5.41, 5.74) is 2.08. The molecule has 0 saturated heterocycles. The molecule has 0 radical (unpaired) electrons. The maximum absolute atomic E-state index is 12.9. The van der Waals surface area contributed by atoms with Gasteiger partial charge >= 0.3 is 0 Å². The monoisotopic (exact) mass is 222 g/mol. The number of halogens is 1. The molecular formula is C12H11FOS. The van der Waals surface area contributed by atoms with Crippen LogP contribution in [0.3, 0.4) is 0 Å². The van der Waals surface area contributed by atoms with Gasteiger partial charge in [-0.05, 0) is 41.1 Å². The maximum atomic E-state index is 12.9. The van der Waals surface area contributed by atoms with E-state index in [2.05, 4.69) is 0 Å². The van der Waals surface area contributed by atoms with E-state index in [1.807, 2.05) is 17.5 Å². The first-order valence-corrected chi connectivity index (χ1v) is 5.57. The van der Waals surface area contributed by atoms with Gasteiger partial charge in [0.15, 0.2) is 0 Å². The van der Waals surface area contributed by atoms with Crippen LogP contribution in [0.15, 0.2) is 35.7 Å². The van der Waals surface area contributed by atoms with Gasteiger partial charge in [0, 0.05) is 4.88 Å². The third-order valence-electron chi connectivity index (χ3n) is 2.16. The minimum absolute atomic E-state index is 0.0772. The third kappa shape index (κ3) is 2.64. The first kappa shape index (κ1) is 10.3. The fraction of sp³-hybridized carbons (Fsp3) is 0.167. The van der Waals surface area contributed by atoms with Crippen molar-refractivity contribution in [3.8, 4) is 0 Å². The smallest absolute Gasteiger partial charge is 0.123 e. The highest BCUT2D eigenvalue weighted by atomic mass is 32.1. The molecule has 1 N–H and O–H groups in total. The van der Waals surface area contributed by atoms with E-state index in [4.69, 9.17) is 5.11 Å². The normalized spacial score (nSPS) is 10.5. The van der Waals surface area contributed by atoms with Crippen LogP contribution < -0.4 is 0 Å². The van der Waals surface area contributed by atoms with Crippen LogP contribution in [0.4, 0.5) is 4.39 Å². The Bertz CT molecular complexity index is 450. The average molecular weight is 222 g/mol. The molecule has 0 aliphatic heterocycles. The lowest BCUT2D eigenvalue weighted by Crippen LogP contribution is -1.86. The molecular weight excluding hydrogens is 211 g/mol. The molecule has 1 nitrogen and oxygen atoms in total. The molecule has 0 fully saturated rings. The maximum Gasteiger partial charge on any atom is 0.123 e. The van der Waals surface area contributed by atoms with Gasteiger partial charge in [-0.2, -0.15) is 0 Å². The minimum atomic E-state index is -0.204. The minimum Gasteiger partial charge on any atom is -0.391 e. The standard InChI is InChI=1S/C12H11FOS/c13-11-3-1-2-9(5-11)4-10-6-12(7-14)15-8-10/h1-3,5-6,8,14H,4,7H2. The van der Waals surface area contributed by atoms with Crippen LogP contribution in [0.5, 0.6) is 0 Å². The highest BCUT2D eigenvalue weighted by Crippen LogP contribution is 2.18. The van der Waals surface area contributed by atoms with Gasteiger partial charge in [-0.3, -0.25) is 0 Å². The molecule has 0 bridgehead atoms. The van der Waals surface area contributed by atoms with Gasteiger partial charge in [-0.25, -0.2) is 4.39 Å². The number of aliphatic hydroxyl groups is 1. The van der Waals surface area contributed by atoms with Crippen molar-refractivity contribution in [1.82, 2.24) is 0 Å². The molecule has 15 heavy (non-hydrogen) atoms. The van der Waals surface area contributed by atoms with Crippen molar-refractivity contribution in [3.05, 3.63) is 57.5 Å². The van der Waals surface area contributed by atoms with E-state index < -0.39 is 0 Å². The van der Waals surface area contributed by atoms with Gasteiger partial charge in [0.2, 0.25) is 0 Å². The quantitative estimate of drug-likeness (QED) is 0.846. The Kier molecular flexibility index (Phi) is 3.14. The van der Waals surface area contributed by atoms with E-state index in [1.54, 1.807) is 6.07 Å². The Balaban J connectivity index is 2.14. The third-order valence-corrected chi connectivity index (χ3v) is 3.13. The van der Waals surface area contributed by atoms with Crippen LogP contribution >= 0.6 is 11.3 Å². The second-order valence-electron chi connectivity index (χ2n) is 3.39. The molecule has 1 heterocycles. The summed E-state index contributed by atoms with van der Waals surface area (Å²) in [5, 5.41) is 10.9. The van der Waals surface area contributed by atoms with Crippen LogP contribution in [-0.2, 0) is 13.0 Å². The van der Waals surface area contributed by atoms with Gasteiger partial charge in [-0.15, -0.1) is 11.3 Å². The van der Waals surface area contributed by atoms with Gasteiger partial charge < -0.3 is 5.11 Å².